The summed E-state index contributed by atoms with van der Waals surface area (Å²) >= 11 is 5.02. The molecule has 4 heteroatoms. The van der Waals surface area contributed by atoms with Crippen LogP contribution in [0.3, 0.4) is 0 Å². The molecule has 0 aliphatic carbocycles. The van der Waals surface area contributed by atoms with Crippen molar-refractivity contribution in [3.8, 4) is 0 Å². The van der Waals surface area contributed by atoms with Crippen molar-refractivity contribution in [3.63, 3.8) is 0 Å². The topological polar surface area (TPSA) is 42.1 Å². The number of aryl methyl sites for hydroxylation is 1. The Hall–Kier alpha value is -1.16. The fourth-order valence-electron chi connectivity index (χ4n) is 2.00. The average Bonchev–Trinajstić information content (AvgIpc) is 2.29. The SMILES string of the molecule is CCC(CC)N(C)c1cc(C(N)=S)cc(C)n1. The molecule has 3 nitrogen and oxygen atoms in total. The van der Waals surface area contributed by atoms with Crippen molar-refractivity contribution in [2.45, 2.75) is 39.7 Å². The summed E-state index contributed by atoms with van der Waals surface area (Å²) in [6, 6.07) is 4.39. The Morgan fingerprint density at radius 2 is 2.00 bits per heavy atom. The molecule has 0 unspecified atom stereocenters. The van der Waals surface area contributed by atoms with Gasteiger partial charge in [-0.2, -0.15) is 0 Å². The standard InChI is InChI=1S/C13H21N3S/c1-5-11(6-2)16(4)12-8-10(13(14)17)7-9(3)15-12/h7-8,11H,5-6H2,1-4H3,(H2,14,17). The van der Waals surface area contributed by atoms with E-state index in [-0.39, 0.29) is 0 Å². The van der Waals surface area contributed by atoms with Gasteiger partial charge in [0.15, 0.2) is 0 Å². The molecule has 1 aromatic rings. The highest BCUT2D eigenvalue weighted by Gasteiger charge is 2.13. The maximum absolute atomic E-state index is 5.68. The first-order valence-corrected chi connectivity index (χ1v) is 6.41. The highest BCUT2D eigenvalue weighted by Crippen LogP contribution is 2.18. The molecular formula is C13H21N3S. The minimum absolute atomic E-state index is 0.426. The Kier molecular flexibility index (Phi) is 4.87. The number of nitrogens with zero attached hydrogens (tertiary/aromatic N) is 2. The number of hydrogen-bond acceptors (Lipinski definition) is 3. The van der Waals surface area contributed by atoms with Gasteiger partial charge in [-0.05, 0) is 31.9 Å². The number of rotatable bonds is 5. The Morgan fingerprint density at radius 3 is 2.47 bits per heavy atom. The molecule has 0 aliphatic rings. The maximum Gasteiger partial charge on any atom is 0.129 e. The van der Waals surface area contributed by atoms with Crippen molar-refractivity contribution in [3.05, 3.63) is 23.4 Å². The van der Waals surface area contributed by atoms with E-state index < -0.39 is 0 Å². The third kappa shape index (κ3) is 3.40. The lowest BCUT2D eigenvalue weighted by atomic mass is 10.1. The van der Waals surface area contributed by atoms with E-state index in [0.717, 1.165) is 29.9 Å². The first-order valence-electron chi connectivity index (χ1n) is 6.00. The van der Waals surface area contributed by atoms with Gasteiger partial charge in [-0.15, -0.1) is 0 Å². The summed E-state index contributed by atoms with van der Waals surface area (Å²) < 4.78 is 0. The van der Waals surface area contributed by atoms with Crippen LogP contribution >= 0.6 is 12.2 Å². The van der Waals surface area contributed by atoms with Crippen molar-refractivity contribution in [1.29, 1.82) is 0 Å². The summed E-state index contributed by atoms with van der Waals surface area (Å²) in [5, 5.41) is 0. The van der Waals surface area contributed by atoms with Gasteiger partial charge >= 0.3 is 0 Å². The van der Waals surface area contributed by atoms with E-state index in [9.17, 15) is 0 Å². The van der Waals surface area contributed by atoms with Crippen LogP contribution < -0.4 is 10.6 Å². The van der Waals surface area contributed by atoms with E-state index >= 15 is 0 Å². The maximum atomic E-state index is 5.68. The van der Waals surface area contributed by atoms with Gasteiger partial charge in [-0.3, -0.25) is 0 Å². The van der Waals surface area contributed by atoms with Gasteiger partial charge in [0.05, 0.1) is 0 Å². The molecule has 0 fully saturated rings. The van der Waals surface area contributed by atoms with Crippen LogP contribution in [0.5, 0.6) is 0 Å². The monoisotopic (exact) mass is 251 g/mol. The second kappa shape index (κ2) is 5.96. The number of anilines is 1. The summed E-state index contributed by atoms with van der Waals surface area (Å²) in [6.07, 6.45) is 2.20. The smallest absolute Gasteiger partial charge is 0.129 e. The zero-order valence-electron chi connectivity index (χ0n) is 11.0. The summed E-state index contributed by atoms with van der Waals surface area (Å²) in [5.74, 6) is 0.946. The molecule has 0 spiro atoms. The second-order valence-corrected chi connectivity index (χ2v) is 4.74. The fourth-order valence-corrected chi connectivity index (χ4v) is 2.12. The molecule has 0 saturated carbocycles. The zero-order valence-corrected chi connectivity index (χ0v) is 11.8. The third-order valence-electron chi connectivity index (χ3n) is 3.08. The molecule has 0 bridgehead atoms. The van der Waals surface area contributed by atoms with E-state index in [4.69, 9.17) is 18.0 Å². The Balaban J connectivity index is 3.08. The van der Waals surface area contributed by atoms with Crippen molar-refractivity contribution in [2.75, 3.05) is 11.9 Å². The minimum Gasteiger partial charge on any atom is -0.389 e. The van der Waals surface area contributed by atoms with Gasteiger partial charge in [-0.25, -0.2) is 4.98 Å². The van der Waals surface area contributed by atoms with Crippen LogP contribution in [-0.2, 0) is 0 Å². The second-order valence-electron chi connectivity index (χ2n) is 4.30. The highest BCUT2D eigenvalue weighted by molar-refractivity contribution is 7.80. The summed E-state index contributed by atoms with van der Waals surface area (Å²) in [6.45, 7) is 6.34. The molecular weight excluding hydrogens is 230 g/mol. The molecule has 1 heterocycles. The number of hydrogen-bond donors (Lipinski definition) is 1. The predicted octanol–water partition coefficient (Wildman–Crippen LogP) is 2.65. The molecule has 1 aromatic heterocycles. The van der Waals surface area contributed by atoms with E-state index in [2.05, 4.69) is 30.8 Å². The molecule has 0 aromatic carbocycles. The predicted molar refractivity (Wildman–Crippen MR) is 77.6 cm³/mol. The van der Waals surface area contributed by atoms with Crippen LogP contribution in [0.25, 0.3) is 0 Å². The lowest BCUT2D eigenvalue weighted by Gasteiger charge is -2.28. The number of pyridine rings is 1. The molecule has 1 rings (SSSR count). The van der Waals surface area contributed by atoms with Crippen LogP contribution in [0.15, 0.2) is 12.1 Å². The molecule has 0 atom stereocenters. The van der Waals surface area contributed by atoms with Gasteiger partial charge in [0.1, 0.15) is 10.8 Å². The van der Waals surface area contributed by atoms with Crippen LogP contribution in [0.4, 0.5) is 5.82 Å². The highest BCUT2D eigenvalue weighted by atomic mass is 32.1. The summed E-state index contributed by atoms with van der Waals surface area (Å²) in [5.41, 5.74) is 7.51. The molecule has 2 N–H and O–H groups in total. The van der Waals surface area contributed by atoms with Crippen molar-refractivity contribution in [1.82, 2.24) is 4.98 Å². The Labute approximate surface area is 109 Å². The lowest BCUT2D eigenvalue weighted by Crippen LogP contribution is -2.31. The molecule has 94 valence electrons. The molecule has 17 heavy (non-hydrogen) atoms. The third-order valence-corrected chi connectivity index (χ3v) is 3.31. The van der Waals surface area contributed by atoms with E-state index in [1.807, 2.05) is 19.1 Å². The Bertz CT molecular complexity index is 400. The average molecular weight is 251 g/mol. The minimum atomic E-state index is 0.426. The van der Waals surface area contributed by atoms with Crippen LogP contribution in [0.2, 0.25) is 0 Å². The van der Waals surface area contributed by atoms with E-state index in [1.165, 1.54) is 0 Å². The first-order chi connectivity index (χ1) is 7.99. The molecule has 0 amide bonds. The van der Waals surface area contributed by atoms with Crippen LogP contribution in [-0.4, -0.2) is 23.1 Å². The fraction of sp³-hybridized carbons (Fsp3) is 0.538. The molecule has 0 radical (unpaired) electrons. The van der Waals surface area contributed by atoms with Gasteiger partial charge in [0.2, 0.25) is 0 Å². The Morgan fingerprint density at radius 1 is 1.41 bits per heavy atom. The zero-order chi connectivity index (χ0) is 13.0. The van der Waals surface area contributed by atoms with Crippen molar-refractivity contribution >= 4 is 23.0 Å². The van der Waals surface area contributed by atoms with Gasteiger partial charge in [-0.1, -0.05) is 26.1 Å². The number of nitrogens with two attached hydrogens (primary N) is 1. The van der Waals surface area contributed by atoms with Gasteiger partial charge in [0, 0.05) is 24.3 Å². The summed E-state index contributed by atoms with van der Waals surface area (Å²) in [7, 11) is 2.07. The lowest BCUT2D eigenvalue weighted by molar-refractivity contribution is 0.586. The van der Waals surface area contributed by atoms with E-state index in [1.54, 1.807) is 0 Å². The molecule has 0 aliphatic heterocycles. The van der Waals surface area contributed by atoms with Crippen molar-refractivity contribution < 1.29 is 0 Å². The van der Waals surface area contributed by atoms with Crippen LogP contribution in [0.1, 0.15) is 37.9 Å². The number of thiocarbonyl (C=S) groups is 1. The normalized spacial score (nSPS) is 10.6. The first kappa shape index (κ1) is 13.9. The number of aromatic nitrogens is 1. The largest absolute Gasteiger partial charge is 0.389 e. The van der Waals surface area contributed by atoms with Crippen LogP contribution in [0, 0.1) is 6.92 Å². The quantitative estimate of drug-likeness (QED) is 0.817. The molecule has 0 saturated heterocycles. The van der Waals surface area contributed by atoms with Crippen molar-refractivity contribution in [2.24, 2.45) is 5.73 Å². The van der Waals surface area contributed by atoms with Gasteiger partial charge in [0.25, 0.3) is 0 Å². The van der Waals surface area contributed by atoms with Gasteiger partial charge < -0.3 is 10.6 Å². The van der Waals surface area contributed by atoms with E-state index in [0.29, 0.717) is 11.0 Å². The summed E-state index contributed by atoms with van der Waals surface area (Å²) in [4.78, 5) is 7.17.